The number of thiophene rings is 2. The van der Waals surface area contributed by atoms with Crippen LogP contribution in [0.4, 0.5) is 0 Å². The highest BCUT2D eigenvalue weighted by Gasteiger charge is 2.13. The number of halogens is 1. The maximum Gasteiger partial charge on any atom is 0.251 e. The molecular weight excluding hydrogens is 350 g/mol. The van der Waals surface area contributed by atoms with Crippen LogP contribution in [0.1, 0.15) is 30.5 Å². The Bertz CT molecular complexity index is 840. The third-order valence-electron chi connectivity index (χ3n) is 3.18. The SMILES string of the molecule is O=C(NCc1ccc(C(=O)c2ccsc2)s1)c1cccc(Cl)c1. The first-order chi connectivity index (χ1) is 11.1. The van der Waals surface area contributed by atoms with E-state index in [4.69, 9.17) is 11.6 Å². The van der Waals surface area contributed by atoms with Crippen LogP contribution < -0.4 is 5.32 Å². The lowest BCUT2D eigenvalue weighted by Gasteiger charge is -2.03. The molecule has 0 aliphatic carbocycles. The van der Waals surface area contributed by atoms with Gasteiger partial charge in [0.05, 0.1) is 11.4 Å². The lowest BCUT2D eigenvalue weighted by atomic mass is 10.2. The van der Waals surface area contributed by atoms with Crippen LogP contribution in [0.25, 0.3) is 0 Å². The average Bonchev–Trinajstić information content (AvgIpc) is 3.23. The molecule has 6 heteroatoms. The zero-order valence-corrected chi connectivity index (χ0v) is 14.3. The molecule has 0 saturated carbocycles. The molecule has 2 heterocycles. The van der Waals surface area contributed by atoms with E-state index in [-0.39, 0.29) is 11.7 Å². The molecule has 1 aromatic carbocycles. The second-order valence-corrected chi connectivity index (χ2v) is 7.18. The summed E-state index contributed by atoms with van der Waals surface area (Å²) in [6, 6.07) is 12.3. The van der Waals surface area contributed by atoms with Gasteiger partial charge in [-0.2, -0.15) is 11.3 Å². The van der Waals surface area contributed by atoms with E-state index >= 15 is 0 Å². The molecule has 0 aliphatic rings. The van der Waals surface area contributed by atoms with E-state index in [9.17, 15) is 9.59 Å². The lowest BCUT2D eigenvalue weighted by Crippen LogP contribution is -2.22. The van der Waals surface area contributed by atoms with Gasteiger partial charge in [-0.25, -0.2) is 0 Å². The zero-order valence-electron chi connectivity index (χ0n) is 11.9. The highest BCUT2D eigenvalue weighted by molar-refractivity contribution is 7.14. The third kappa shape index (κ3) is 3.88. The Labute approximate surface area is 146 Å². The van der Waals surface area contributed by atoms with E-state index in [1.54, 1.807) is 30.3 Å². The fourth-order valence-corrected chi connectivity index (χ4v) is 3.77. The highest BCUT2D eigenvalue weighted by Crippen LogP contribution is 2.21. The Morgan fingerprint density at radius 2 is 1.96 bits per heavy atom. The second-order valence-electron chi connectivity index (χ2n) is 4.80. The molecule has 3 nitrogen and oxygen atoms in total. The normalized spacial score (nSPS) is 10.5. The van der Waals surface area contributed by atoms with Crippen LogP contribution in [0.15, 0.2) is 53.2 Å². The van der Waals surface area contributed by atoms with Gasteiger partial charge in [0.25, 0.3) is 5.91 Å². The van der Waals surface area contributed by atoms with E-state index < -0.39 is 0 Å². The molecule has 0 unspecified atom stereocenters. The maximum atomic E-state index is 12.2. The number of ketones is 1. The van der Waals surface area contributed by atoms with Crippen LogP contribution in [0.2, 0.25) is 5.02 Å². The number of rotatable bonds is 5. The molecule has 23 heavy (non-hydrogen) atoms. The zero-order chi connectivity index (χ0) is 16.2. The van der Waals surface area contributed by atoms with Gasteiger partial charge in [-0.3, -0.25) is 9.59 Å². The van der Waals surface area contributed by atoms with Gasteiger partial charge in [0.15, 0.2) is 0 Å². The lowest BCUT2D eigenvalue weighted by molar-refractivity contribution is 0.0950. The number of amides is 1. The first kappa shape index (κ1) is 15.9. The topological polar surface area (TPSA) is 46.2 Å². The molecular formula is C17H12ClNO2S2. The first-order valence-corrected chi connectivity index (χ1v) is 8.96. The van der Waals surface area contributed by atoms with E-state index in [0.717, 1.165) is 4.88 Å². The van der Waals surface area contributed by atoms with Crippen molar-refractivity contribution in [3.05, 3.63) is 79.1 Å². The van der Waals surface area contributed by atoms with Crippen molar-refractivity contribution in [3.8, 4) is 0 Å². The van der Waals surface area contributed by atoms with Crippen molar-refractivity contribution in [3.63, 3.8) is 0 Å². The minimum Gasteiger partial charge on any atom is -0.347 e. The largest absolute Gasteiger partial charge is 0.347 e. The fourth-order valence-electron chi connectivity index (χ4n) is 2.03. The van der Waals surface area contributed by atoms with Crippen molar-refractivity contribution in [2.75, 3.05) is 0 Å². The Kier molecular flexibility index (Phi) is 4.91. The van der Waals surface area contributed by atoms with Gasteiger partial charge in [0.1, 0.15) is 0 Å². The summed E-state index contributed by atoms with van der Waals surface area (Å²) >= 11 is 8.77. The van der Waals surface area contributed by atoms with E-state index in [0.29, 0.717) is 27.6 Å². The molecule has 0 fully saturated rings. The number of nitrogens with one attached hydrogen (secondary N) is 1. The molecule has 1 amide bonds. The van der Waals surface area contributed by atoms with Crippen molar-refractivity contribution in [2.45, 2.75) is 6.54 Å². The summed E-state index contributed by atoms with van der Waals surface area (Å²) in [6.07, 6.45) is 0. The van der Waals surface area contributed by atoms with Gasteiger partial charge in [0, 0.05) is 26.4 Å². The summed E-state index contributed by atoms with van der Waals surface area (Å²) in [7, 11) is 0. The third-order valence-corrected chi connectivity index (χ3v) is 5.18. The van der Waals surface area contributed by atoms with Gasteiger partial charge in [-0.05, 0) is 41.8 Å². The van der Waals surface area contributed by atoms with Gasteiger partial charge < -0.3 is 5.32 Å². The maximum absolute atomic E-state index is 12.2. The first-order valence-electron chi connectivity index (χ1n) is 6.83. The van der Waals surface area contributed by atoms with Gasteiger partial charge in [0.2, 0.25) is 5.78 Å². The quantitative estimate of drug-likeness (QED) is 0.674. The molecule has 3 aromatic rings. The van der Waals surface area contributed by atoms with Crippen molar-refractivity contribution in [2.24, 2.45) is 0 Å². The van der Waals surface area contributed by atoms with E-state index in [1.165, 1.54) is 22.7 Å². The van der Waals surface area contributed by atoms with Crippen LogP contribution in [0.3, 0.4) is 0 Å². The standard InChI is InChI=1S/C17H12ClNO2S2/c18-13-3-1-2-11(8-13)17(21)19-9-14-4-5-15(23-14)16(20)12-6-7-22-10-12/h1-8,10H,9H2,(H,19,21). The molecule has 3 rings (SSSR count). The van der Waals surface area contributed by atoms with Gasteiger partial charge in [-0.1, -0.05) is 17.7 Å². The fraction of sp³-hybridized carbons (Fsp3) is 0.0588. The number of benzene rings is 1. The Balaban J connectivity index is 1.63. The van der Waals surface area contributed by atoms with Crippen molar-refractivity contribution < 1.29 is 9.59 Å². The smallest absolute Gasteiger partial charge is 0.251 e. The molecule has 0 atom stereocenters. The molecule has 0 saturated heterocycles. The summed E-state index contributed by atoms with van der Waals surface area (Å²) in [5.41, 5.74) is 1.22. The van der Waals surface area contributed by atoms with Crippen LogP contribution in [0, 0.1) is 0 Å². The minimum atomic E-state index is -0.188. The van der Waals surface area contributed by atoms with E-state index in [1.807, 2.05) is 22.9 Å². The summed E-state index contributed by atoms with van der Waals surface area (Å²) in [6.45, 7) is 0.382. The summed E-state index contributed by atoms with van der Waals surface area (Å²) in [5.74, 6) is -0.171. The Morgan fingerprint density at radius 1 is 1.09 bits per heavy atom. The van der Waals surface area contributed by atoms with E-state index in [2.05, 4.69) is 5.32 Å². The Morgan fingerprint density at radius 3 is 2.70 bits per heavy atom. The van der Waals surface area contributed by atoms with Crippen molar-refractivity contribution in [1.29, 1.82) is 0 Å². The van der Waals surface area contributed by atoms with Crippen molar-refractivity contribution in [1.82, 2.24) is 5.32 Å². The summed E-state index contributed by atoms with van der Waals surface area (Å²) in [5, 5.41) is 7.08. The van der Waals surface area contributed by atoms with Gasteiger partial charge >= 0.3 is 0 Å². The molecule has 0 aliphatic heterocycles. The monoisotopic (exact) mass is 361 g/mol. The van der Waals surface area contributed by atoms with Crippen LogP contribution in [0.5, 0.6) is 0 Å². The Hall–Kier alpha value is -1.95. The number of carbonyl (C=O) groups excluding carboxylic acids is 2. The number of hydrogen-bond donors (Lipinski definition) is 1. The van der Waals surface area contributed by atoms with Gasteiger partial charge in [-0.15, -0.1) is 11.3 Å². The summed E-state index contributed by atoms with van der Waals surface area (Å²) in [4.78, 5) is 25.9. The predicted molar refractivity (Wildman–Crippen MR) is 94.7 cm³/mol. The highest BCUT2D eigenvalue weighted by atomic mass is 35.5. The molecule has 0 bridgehead atoms. The molecule has 2 aromatic heterocycles. The number of carbonyl (C=O) groups is 2. The minimum absolute atomic E-state index is 0.0173. The molecule has 116 valence electrons. The van der Waals surface area contributed by atoms with Crippen LogP contribution >= 0.6 is 34.3 Å². The summed E-state index contributed by atoms with van der Waals surface area (Å²) < 4.78 is 0. The number of hydrogen-bond acceptors (Lipinski definition) is 4. The molecule has 0 spiro atoms. The molecule has 0 radical (unpaired) electrons. The predicted octanol–water partition coefficient (Wildman–Crippen LogP) is 4.62. The van der Waals surface area contributed by atoms with Crippen LogP contribution in [-0.2, 0) is 6.54 Å². The second kappa shape index (κ2) is 7.08. The van der Waals surface area contributed by atoms with Crippen molar-refractivity contribution >= 4 is 46.0 Å². The van der Waals surface area contributed by atoms with Crippen LogP contribution in [-0.4, -0.2) is 11.7 Å². The molecule has 1 N–H and O–H groups in total. The average molecular weight is 362 g/mol.